The minimum Gasteiger partial charge on any atom is -0.394 e. The summed E-state index contributed by atoms with van der Waals surface area (Å²) in [6.45, 7) is 2.20. The fourth-order valence-corrected chi connectivity index (χ4v) is 2.38. The third-order valence-corrected chi connectivity index (χ3v) is 3.86. The molecule has 0 saturated heterocycles. The van der Waals surface area contributed by atoms with Crippen LogP contribution in [0.25, 0.3) is 0 Å². The Bertz CT molecular complexity index is 272. The molecule has 0 aliphatic carbocycles. The summed E-state index contributed by atoms with van der Waals surface area (Å²) in [5.41, 5.74) is 1.17. The molecule has 0 saturated carbocycles. The highest BCUT2D eigenvalue weighted by molar-refractivity contribution is 7.98. The van der Waals surface area contributed by atoms with Crippen LogP contribution in [-0.4, -0.2) is 30.1 Å². The fraction of sp³-hybridized carbons (Fsp3) is 0.500. The summed E-state index contributed by atoms with van der Waals surface area (Å²) in [6.07, 6.45) is 0. The van der Waals surface area contributed by atoms with Crippen molar-refractivity contribution in [2.45, 2.75) is 18.2 Å². The van der Waals surface area contributed by atoms with Gasteiger partial charge in [-0.05, 0) is 19.5 Å². The predicted octanol–water partition coefficient (Wildman–Crippen LogP) is 1.89. The quantitative estimate of drug-likeness (QED) is 0.775. The molecule has 0 heterocycles. The number of aliphatic hydroxyl groups excluding tert-OH is 1. The number of hydrogen-bond donors (Lipinski definition) is 2. The van der Waals surface area contributed by atoms with Crippen LogP contribution in [0.3, 0.4) is 0 Å². The second-order valence-electron chi connectivity index (χ2n) is 3.95. The van der Waals surface area contributed by atoms with Crippen LogP contribution in [0, 0.1) is 0 Å². The van der Waals surface area contributed by atoms with Gasteiger partial charge in [0.25, 0.3) is 0 Å². The maximum absolute atomic E-state index is 9.21. The minimum absolute atomic E-state index is 0.167. The Morgan fingerprint density at radius 2 is 2.00 bits per heavy atom. The number of benzene rings is 1. The number of likely N-dealkylation sites (N-methyl/N-ethyl adjacent to an activating group) is 1. The van der Waals surface area contributed by atoms with E-state index in [1.165, 1.54) is 5.56 Å². The van der Waals surface area contributed by atoms with Gasteiger partial charge in [0.15, 0.2) is 0 Å². The van der Waals surface area contributed by atoms with Gasteiger partial charge in [0.05, 0.1) is 6.61 Å². The van der Waals surface area contributed by atoms with Gasteiger partial charge in [-0.15, -0.1) is 0 Å². The third-order valence-electron chi connectivity index (χ3n) is 2.48. The van der Waals surface area contributed by atoms with Gasteiger partial charge < -0.3 is 10.4 Å². The average molecular weight is 225 g/mol. The minimum atomic E-state index is -0.167. The first-order valence-corrected chi connectivity index (χ1v) is 6.27. The van der Waals surface area contributed by atoms with Gasteiger partial charge in [-0.2, -0.15) is 11.8 Å². The lowest BCUT2D eigenvalue weighted by Gasteiger charge is -2.26. The van der Waals surface area contributed by atoms with E-state index in [9.17, 15) is 5.11 Å². The molecule has 84 valence electrons. The van der Waals surface area contributed by atoms with E-state index in [2.05, 4.69) is 29.6 Å². The summed E-state index contributed by atoms with van der Waals surface area (Å²) in [5, 5.41) is 12.4. The van der Waals surface area contributed by atoms with Crippen molar-refractivity contribution < 1.29 is 5.11 Å². The number of hydrogen-bond acceptors (Lipinski definition) is 3. The molecular weight excluding hydrogens is 206 g/mol. The molecule has 0 fully saturated rings. The van der Waals surface area contributed by atoms with Gasteiger partial charge in [-0.3, -0.25) is 0 Å². The Labute approximate surface area is 96.1 Å². The van der Waals surface area contributed by atoms with Gasteiger partial charge in [0.2, 0.25) is 0 Å². The van der Waals surface area contributed by atoms with Gasteiger partial charge in [-0.25, -0.2) is 0 Å². The summed E-state index contributed by atoms with van der Waals surface area (Å²) in [4.78, 5) is 0. The van der Waals surface area contributed by atoms with E-state index in [4.69, 9.17) is 0 Å². The lowest BCUT2D eigenvalue weighted by atomic mass is 10.1. The Balaban J connectivity index is 2.33. The molecule has 1 aromatic rings. The summed E-state index contributed by atoms with van der Waals surface area (Å²) in [7, 11) is 1.89. The molecule has 3 heteroatoms. The van der Waals surface area contributed by atoms with Crippen molar-refractivity contribution in [1.82, 2.24) is 5.32 Å². The molecule has 1 rings (SSSR count). The van der Waals surface area contributed by atoms with E-state index in [0.717, 1.165) is 11.5 Å². The Morgan fingerprint density at radius 1 is 1.33 bits per heavy atom. The fourth-order valence-electron chi connectivity index (χ4n) is 1.17. The molecule has 0 bridgehead atoms. The van der Waals surface area contributed by atoms with Gasteiger partial charge >= 0.3 is 0 Å². The van der Waals surface area contributed by atoms with E-state index in [1.807, 2.05) is 31.8 Å². The highest BCUT2D eigenvalue weighted by Crippen LogP contribution is 2.17. The van der Waals surface area contributed by atoms with Crippen LogP contribution < -0.4 is 5.32 Å². The van der Waals surface area contributed by atoms with Crippen LogP contribution in [-0.2, 0) is 5.75 Å². The predicted molar refractivity (Wildman–Crippen MR) is 67.2 cm³/mol. The Hall–Kier alpha value is -0.510. The van der Waals surface area contributed by atoms with E-state index < -0.39 is 0 Å². The van der Waals surface area contributed by atoms with E-state index in [-0.39, 0.29) is 12.1 Å². The molecule has 1 atom stereocenters. The van der Waals surface area contributed by atoms with E-state index >= 15 is 0 Å². The van der Waals surface area contributed by atoms with Gasteiger partial charge in [-0.1, -0.05) is 30.3 Å². The van der Waals surface area contributed by atoms with Crippen LogP contribution in [0.15, 0.2) is 30.3 Å². The summed E-state index contributed by atoms with van der Waals surface area (Å²) in [6, 6.07) is 10.4. The van der Waals surface area contributed by atoms with Crippen LogP contribution in [0.4, 0.5) is 0 Å². The van der Waals surface area contributed by atoms with Crippen LogP contribution >= 0.6 is 11.8 Å². The molecular formula is C12H19NOS. The van der Waals surface area contributed by atoms with Crippen molar-refractivity contribution in [1.29, 1.82) is 0 Å². The van der Waals surface area contributed by atoms with Crippen molar-refractivity contribution >= 4 is 11.8 Å². The second-order valence-corrected chi connectivity index (χ2v) is 4.93. The summed E-state index contributed by atoms with van der Waals surface area (Å²) < 4.78 is 0. The van der Waals surface area contributed by atoms with Crippen molar-refractivity contribution in [2.75, 3.05) is 19.4 Å². The zero-order valence-corrected chi connectivity index (χ0v) is 10.2. The number of rotatable bonds is 6. The smallest absolute Gasteiger partial charge is 0.0618 e. The summed E-state index contributed by atoms with van der Waals surface area (Å²) >= 11 is 1.84. The average Bonchev–Trinajstić information content (AvgIpc) is 2.30. The maximum Gasteiger partial charge on any atom is 0.0618 e. The molecule has 1 unspecified atom stereocenters. The van der Waals surface area contributed by atoms with Crippen LogP contribution in [0.2, 0.25) is 0 Å². The Kier molecular flexibility index (Phi) is 5.15. The molecule has 15 heavy (non-hydrogen) atoms. The van der Waals surface area contributed by atoms with Gasteiger partial charge in [0.1, 0.15) is 0 Å². The molecule has 1 aromatic carbocycles. The molecule has 2 nitrogen and oxygen atoms in total. The normalized spacial score (nSPS) is 14.9. The zero-order chi connectivity index (χ0) is 11.1. The lowest BCUT2D eigenvalue weighted by Crippen LogP contribution is -2.45. The largest absolute Gasteiger partial charge is 0.394 e. The topological polar surface area (TPSA) is 32.3 Å². The molecule has 0 radical (unpaired) electrons. The first-order valence-electron chi connectivity index (χ1n) is 5.11. The van der Waals surface area contributed by atoms with Crippen LogP contribution in [0.1, 0.15) is 12.5 Å². The maximum atomic E-state index is 9.21. The SMILES string of the molecule is CNC(C)(CO)CSCc1ccccc1. The highest BCUT2D eigenvalue weighted by atomic mass is 32.2. The lowest BCUT2D eigenvalue weighted by molar-refractivity contribution is 0.200. The van der Waals surface area contributed by atoms with Crippen molar-refractivity contribution in [3.8, 4) is 0 Å². The van der Waals surface area contributed by atoms with Gasteiger partial charge in [0, 0.05) is 17.0 Å². The van der Waals surface area contributed by atoms with Crippen LogP contribution in [0.5, 0.6) is 0 Å². The number of aliphatic hydroxyl groups is 1. The van der Waals surface area contributed by atoms with Crippen molar-refractivity contribution in [3.63, 3.8) is 0 Å². The molecule has 0 aliphatic heterocycles. The molecule has 2 N–H and O–H groups in total. The number of nitrogens with one attached hydrogen (secondary N) is 1. The van der Waals surface area contributed by atoms with Crippen molar-refractivity contribution in [2.24, 2.45) is 0 Å². The first-order chi connectivity index (χ1) is 7.20. The molecule has 0 spiro atoms. The third kappa shape index (κ3) is 4.24. The Morgan fingerprint density at radius 3 is 2.53 bits per heavy atom. The first kappa shape index (κ1) is 12.6. The highest BCUT2D eigenvalue weighted by Gasteiger charge is 2.20. The van der Waals surface area contributed by atoms with E-state index in [1.54, 1.807) is 0 Å². The van der Waals surface area contributed by atoms with Crippen molar-refractivity contribution in [3.05, 3.63) is 35.9 Å². The molecule has 0 aliphatic rings. The number of thioether (sulfide) groups is 1. The molecule has 0 aromatic heterocycles. The summed E-state index contributed by atoms with van der Waals surface area (Å²) in [5.74, 6) is 1.91. The standard InChI is InChI=1S/C12H19NOS/c1-12(9-14,13-2)10-15-8-11-6-4-3-5-7-11/h3-7,13-14H,8-10H2,1-2H3. The molecule has 0 amide bonds. The second kappa shape index (κ2) is 6.16. The zero-order valence-electron chi connectivity index (χ0n) is 9.36. The monoisotopic (exact) mass is 225 g/mol. The van der Waals surface area contributed by atoms with E-state index in [0.29, 0.717) is 0 Å².